The van der Waals surface area contributed by atoms with Crippen LogP contribution < -0.4 is 56.9 Å². The number of aromatic hydroxyl groups is 1. The number of hydrogen-bond acceptors (Lipinski definition) is 8. The van der Waals surface area contributed by atoms with Crippen LogP contribution in [0.4, 0.5) is 17.1 Å². The molecule has 11 rings (SSSR count). The summed E-state index contributed by atoms with van der Waals surface area (Å²) in [4.78, 5) is 39.7. The molecule has 0 unspecified atom stereocenters. The molecular formula is C58H63N5O5. The third kappa shape index (κ3) is 6.71. The van der Waals surface area contributed by atoms with Crippen LogP contribution in [0, 0.1) is 23.7 Å². The van der Waals surface area contributed by atoms with Crippen molar-refractivity contribution in [1.29, 1.82) is 0 Å². The van der Waals surface area contributed by atoms with Crippen LogP contribution in [0.3, 0.4) is 0 Å². The number of nitrogens with one attached hydrogen (secondary N) is 4. The summed E-state index contributed by atoms with van der Waals surface area (Å²) < 4.78 is 0. The number of carbonyl (C=O) groups excluding carboxylic acids is 2. The summed E-state index contributed by atoms with van der Waals surface area (Å²) in [6.45, 7) is 19.4. The smallest absolute Gasteiger partial charge is 0.235 e. The van der Waals surface area contributed by atoms with E-state index in [1.165, 1.54) is 0 Å². The van der Waals surface area contributed by atoms with Gasteiger partial charge in [0.15, 0.2) is 11.6 Å². The van der Waals surface area contributed by atoms with Crippen molar-refractivity contribution in [3.05, 3.63) is 116 Å². The van der Waals surface area contributed by atoms with Crippen LogP contribution in [0.2, 0.25) is 0 Å². The van der Waals surface area contributed by atoms with Gasteiger partial charge in [0.05, 0.1) is 32.6 Å². The topological polar surface area (TPSA) is 156 Å². The van der Waals surface area contributed by atoms with Gasteiger partial charge in [0.25, 0.3) is 0 Å². The maximum absolute atomic E-state index is 15.0. The number of phenols is 1. The van der Waals surface area contributed by atoms with Crippen LogP contribution in [0.5, 0.6) is 5.75 Å². The first-order valence-electron chi connectivity index (χ1n) is 25.1. The summed E-state index contributed by atoms with van der Waals surface area (Å²) in [6, 6.07) is 19.6. The van der Waals surface area contributed by atoms with Crippen LogP contribution in [-0.4, -0.2) is 41.1 Å². The highest BCUT2D eigenvalue weighted by Gasteiger charge is 2.45. The number of Topliss-reactive ketones (excluding diaryl/α,β-unsaturated/α-hetero) is 2. The molecule has 350 valence electrons. The molecule has 0 saturated heterocycles. The number of aryl methyl sites for hydroxylation is 1. The largest absolute Gasteiger partial charge is 0.871 e. The molecule has 0 aromatic heterocycles. The Kier molecular flexibility index (Phi) is 10.3. The first-order chi connectivity index (χ1) is 32.5. The summed E-state index contributed by atoms with van der Waals surface area (Å²) in [5.41, 5.74) is 4.65. The van der Waals surface area contributed by atoms with Gasteiger partial charge >= 0.3 is 0 Å². The zero-order chi connectivity index (χ0) is 47.7. The fourth-order valence-corrected chi connectivity index (χ4v) is 13.1. The van der Waals surface area contributed by atoms with Gasteiger partial charge in [-0.15, -0.1) is 0 Å². The number of benzene rings is 5. The minimum Gasteiger partial charge on any atom is -0.871 e. The summed E-state index contributed by atoms with van der Waals surface area (Å²) >= 11 is 0. The monoisotopic (exact) mass is 909 g/mol. The lowest BCUT2D eigenvalue weighted by Crippen LogP contribution is -2.96. The number of anilines is 3. The molecule has 2 aliphatic carbocycles. The number of phenolic OH excluding ortho intramolecular Hbond substituents is 1. The normalized spacial score (nSPS) is 20.4. The van der Waals surface area contributed by atoms with Gasteiger partial charge in [-0.05, 0) is 90.0 Å². The molecule has 0 saturated carbocycles. The summed E-state index contributed by atoms with van der Waals surface area (Å²) in [5.74, 6) is -0.146. The van der Waals surface area contributed by atoms with E-state index in [0.717, 1.165) is 94.6 Å². The average molecular weight is 910 g/mol. The highest BCUT2D eigenvalue weighted by atomic mass is 16.3. The predicted molar refractivity (Wildman–Crippen MR) is 265 cm³/mol. The molecule has 5 N–H and O–H groups in total. The Hall–Kier alpha value is -6.42. The standard InChI is InChI=1S/C58H63N5O5/c1-29(2)25-57(26-30(3)4)59-41-15-9-12-33-16-19-36(48(60-57)42(33)41)44-53(65)45(54(44)66)37-20-17-34-18-21-38(50-43(34)49(37)61-58(62-50,27-31(5)6)28-32(7)8)46-55(67)47(56(46)68)40-24-35-13-10-22-63-23-11-14-39(51(35)63)52(40)64/h9,12,15-21,24,29-32,59,61,64-65,67H,10-11,13-14,22-23,25-28H2,1-8H3/b44-36-,46-38-. The highest BCUT2D eigenvalue weighted by molar-refractivity contribution is 6.53. The van der Waals surface area contributed by atoms with Gasteiger partial charge in [0.1, 0.15) is 5.75 Å². The minimum absolute atomic E-state index is 0.0325. The molecule has 6 aliphatic rings. The minimum atomic E-state index is -0.752. The van der Waals surface area contributed by atoms with Crippen molar-refractivity contribution >= 4 is 72.5 Å². The van der Waals surface area contributed by atoms with Crippen molar-refractivity contribution in [3.8, 4) is 5.75 Å². The van der Waals surface area contributed by atoms with Gasteiger partial charge < -0.3 is 30.9 Å². The molecule has 0 amide bonds. The maximum Gasteiger partial charge on any atom is 0.235 e. The molecule has 10 heteroatoms. The lowest BCUT2D eigenvalue weighted by molar-refractivity contribution is -0.589. The van der Waals surface area contributed by atoms with E-state index in [4.69, 9.17) is 0 Å². The Morgan fingerprint density at radius 2 is 1.15 bits per heavy atom. The number of hydrogen-bond donors (Lipinski definition) is 5. The Balaban J connectivity index is 1.14. The van der Waals surface area contributed by atoms with E-state index in [-0.39, 0.29) is 63.0 Å². The second kappa shape index (κ2) is 15.8. The molecule has 0 atom stereocenters. The van der Waals surface area contributed by atoms with Gasteiger partial charge in [-0.1, -0.05) is 103 Å². The van der Waals surface area contributed by atoms with Crippen molar-refractivity contribution in [2.45, 2.75) is 118 Å². The van der Waals surface area contributed by atoms with Gasteiger partial charge in [0.2, 0.25) is 22.0 Å². The SMILES string of the molecule is CC(C)CC1(CC(C)C)Nc2cccc3cc/c(=C4/C(=O)C(c5ccc6cc/c(=C7/C(=O)C(c8cc9c%10c(c8O)CCCN%10CCC9)=C7[O-])c7c6c5NC(CC(C)C)(CC(C)C)[NH+]=7)=C4[O-])c(c23)=[NH+]1. The van der Waals surface area contributed by atoms with Crippen molar-refractivity contribution < 1.29 is 34.9 Å². The van der Waals surface area contributed by atoms with E-state index in [1.807, 2.05) is 48.5 Å². The Morgan fingerprint density at radius 3 is 1.72 bits per heavy atom. The van der Waals surface area contributed by atoms with E-state index >= 15 is 0 Å². The van der Waals surface area contributed by atoms with Gasteiger partial charge in [0, 0.05) is 83.4 Å². The molecule has 4 heterocycles. The van der Waals surface area contributed by atoms with Crippen LogP contribution in [0.1, 0.15) is 116 Å². The quantitative estimate of drug-likeness (QED) is 0.143. The zero-order valence-electron chi connectivity index (χ0n) is 40.7. The zero-order valence-corrected chi connectivity index (χ0v) is 40.7. The molecule has 0 radical (unpaired) electrons. The van der Waals surface area contributed by atoms with E-state index in [0.29, 0.717) is 63.7 Å². The lowest BCUT2D eigenvalue weighted by Gasteiger charge is -2.39. The third-order valence-electron chi connectivity index (χ3n) is 15.1. The van der Waals surface area contributed by atoms with Crippen molar-refractivity contribution in [2.75, 3.05) is 28.6 Å². The molecule has 0 spiro atoms. The van der Waals surface area contributed by atoms with E-state index in [1.54, 1.807) is 0 Å². The van der Waals surface area contributed by atoms with E-state index in [9.17, 15) is 24.9 Å². The van der Waals surface area contributed by atoms with E-state index in [2.05, 4.69) is 93.0 Å². The molecule has 5 aromatic carbocycles. The average Bonchev–Trinajstić information content (AvgIpc) is 3.26. The number of allylic oxidation sites excluding steroid dienone is 4. The number of rotatable bonds is 10. The molecule has 68 heavy (non-hydrogen) atoms. The van der Waals surface area contributed by atoms with Gasteiger partial charge in [-0.25, -0.2) is 9.98 Å². The molecule has 4 aliphatic heterocycles. The highest BCUT2D eigenvalue weighted by Crippen LogP contribution is 2.48. The third-order valence-corrected chi connectivity index (χ3v) is 15.1. The summed E-state index contributed by atoms with van der Waals surface area (Å²) in [6.07, 6.45) is 6.47. The van der Waals surface area contributed by atoms with Crippen LogP contribution in [0.15, 0.2) is 72.2 Å². The van der Waals surface area contributed by atoms with E-state index < -0.39 is 11.3 Å². The van der Waals surface area contributed by atoms with Crippen LogP contribution >= 0.6 is 0 Å². The molecule has 0 bridgehead atoms. The molecule has 10 nitrogen and oxygen atoms in total. The molecular weight excluding hydrogens is 847 g/mol. The van der Waals surface area contributed by atoms with Crippen molar-refractivity contribution in [3.63, 3.8) is 0 Å². The number of nitrogens with zero attached hydrogens (tertiary/aromatic N) is 1. The van der Waals surface area contributed by atoms with Gasteiger partial charge in [-0.2, -0.15) is 0 Å². The first-order valence-corrected chi connectivity index (χ1v) is 25.1. The Bertz CT molecular complexity index is 3390. The molecule has 0 fully saturated rings. The Labute approximate surface area is 397 Å². The van der Waals surface area contributed by atoms with Crippen molar-refractivity contribution in [2.24, 2.45) is 23.7 Å². The summed E-state index contributed by atoms with van der Waals surface area (Å²) in [7, 11) is 0. The lowest BCUT2D eigenvalue weighted by atomic mass is 9.77. The van der Waals surface area contributed by atoms with Crippen LogP contribution in [-0.2, 0) is 22.4 Å². The second-order valence-electron chi connectivity index (χ2n) is 22.3. The van der Waals surface area contributed by atoms with Crippen LogP contribution in [0.25, 0.3) is 43.8 Å². The fourth-order valence-electron chi connectivity index (χ4n) is 13.1. The van der Waals surface area contributed by atoms with Gasteiger partial charge in [-0.3, -0.25) is 9.59 Å². The first kappa shape index (κ1) is 44.1. The number of ketones is 2. The molecule has 5 aromatic rings. The predicted octanol–water partition coefficient (Wildman–Crippen LogP) is 3.24. The second-order valence-corrected chi connectivity index (χ2v) is 22.3. The fraction of sp³-hybridized carbons (Fsp3) is 0.414. The summed E-state index contributed by atoms with van der Waals surface area (Å²) in [5, 5.41) is 55.2. The number of carbonyl (C=O) groups is 2. The Morgan fingerprint density at radius 1 is 0.632 bits per heavy atom. The maximum atomic E-state index is 15.0. The van der Waals surface area contributed by atoms with Crippen molar-refractivity contribution in [1.82, 2.24) is 0 Å².